The molecular weight excluding hydrogens is 216 g/mol. The summed E-state index contributed by atoms with van der Waals surface area (Å²) in [5.74, 6) is 5.26. The second-order valence-electron chi connectivity index (χ2n) is 4.08. The number of hydrogen-bond donors (Lipinski definition) is 1. The summed E-state index contributed by atoms with van der Waals surface area (Å²) in [6.07, 6.45) is 1.70. The number of sulfonamides is 1. The molecule has 0 aromatic heterocycles. The molecule has 2 saturated heterocycles. The zero-order chi connectivity index (χ0) is 11.1. The lowest BCUT2D eigenvalue weighted by molar-refractivity contribution is 0.131. The quantitative estimate of drug-likeness (QED) is 0.606. The molecule has 0 saturated carbocycles. The van der Waals surface area contributed by atoms with Crippen LogP contribution < -0.4 is 5.84 Å². The summed E-state index contributed by atoms with van der Waals surface area (Å²) in [5, 5.41) is 10.2. The van der Waals surface area contributed by atoms with E-state index in [9.17, 15) is 8.42 Å². The molecule has 0 radical (unpaired) electrons. The minimum Gasteiger partial charge on any atom is -0.269 e. The number of piperazine rings is 1. The molecule has 0 aromatic carbocycles. The normalized spacial score (nSPS) is 32.8. The Kier molecular flexibility index (Phi) is 2.68. The van der Waals surface area contributed by atoms with E-state index < -0.39 is 15.8 Å². The second-order valence-corrected chi connectivity index (χ2v) is 5.96. The van der Waals surface area contributed by atoms with Crippen molar-refractivity contribution in [3.05, 3.63) is 0 Å². The molecule has 0 amide bonds. The zero-order valence-corrected chi connectivity index (χ0v) is 9.15. The van der Waals surface area contributed by atoms with Gasteiger partial charge in [-0.1, -0.05) is 0 Å². The molecule has 2 aliphatic heterocycles. The number of nitrogens with zero attached hydrogens (tertiary/aromatic N) is 3. The molecule has 84 valence electrons. The first kappa shape index (κ1) is 10.8. The van der Waals surface area contributed by atoms with E-state index in [0.29, 0.717) is 13.1 Å². The molecule has 15 heavy (non-hydrogen) atoms. The van der Waals surface area contributed by atoms with Crippen LogP contribution in [-0.4, -0.2) is 48.7 Å². The molecule has 2 heterocycles. The Hall–Kier alpha value is -0.680. The van der Waals surface area contributed by atoms with Crippen LogP contribution in [0.15, 0.2) is 0 Å². The van der Waals surface area contributed by atoms with Crippen LogP contribution in [0.2, 0.25) is 0 Å². The van der Waals surface area contributed by atoms with E-state index in [2.05, 4.69) is 0 Å². The van der Waals surface area contributed by atoms with Crippen LogP contribution in [0.3, 0.4) is 0 Å². The van der Waals surface area contributed by atoms with Crippen LogP contribution in [0.25, 0.3) is 0 Å². The van der Waals surface area contributed by atoms with Gasteiger partial charge in [0.1, 0.15) is 0 Å². The summed E-state index contributed by atoms with van der Waals surface area (Å²) >= 11 is 0. The SMILES string of the molecule is N#CCS(=O)(=O)N1C2CCC1CN(N)C2. The maximum Gasteiger partial charge on any atom is 0.228 e. The fourth-order valence-corrected chi connectivity index (χ4v) is 4.07. The zero-order valence-electron chi connectivity index (χ0n) is 8.33. The fraction of sp³-hybridized carbons (Fsp3) is 0.875. The number of hydrogen-bond acceptors (Lipinski definition) is 5. The van der Waals surface area contributed by atoms with E-state index >= 15 is 0 Å². The molecular formula is C8H14N4O2S. The summed E-state index contributed by atoms with van der Waals surface area (Å²) in [6.45, 7) is 1.14. The Morgan fingerprint density at radius 2 is 1.87 bits per heavy atom. The van der Waals surface area contributed by atoms with Gasteiger partial charge < -0.3 is 0 Å². The lowest BCUT2D eigenvalue weighted by Gasteiger charge is -2.37. The number of nitrogens with two attached hydrogens (primary N) is 1. The third kappa shape index (κ3) is 1.86. The van der Waals surface area contributed by atoms with Gasteiger partial charge in [-0.25, -0.2) is 13.4 Å². The van der Waals surface area contributed by atoms with Crippen molar-refractivity contribution in [1.29, 1.82) is 5.26 Å². The van der Waals surface area contributed by atoms with Gasteiger partial charge in [-0.15, -0.1) is 0 Å². The van der Waals surface area contributed by atoms with Gasteiger partial charge in [0.2, 0.25) is 10.0 Å². The van der Waals surface area contributed by atoms with E-state index in [0.717, 1.165) is 12.8 Å². The molecule has 0 aromatic rings. The molecule has 2 N–H and O–H groups in total. The maximum absolute atomic E-state index is 11.8. The highest BCUT2D eigenvalue weighted by molar-refractivity contribution is 7.89. The average molecular weight is 230 g/mol. The Morgan fingerprint density at radius 1 is 1.33 bits per heavy atom. The van der Waals surface area contributed by atoms with Crippen molar-refractivity contribution in [2.24, 2.45) is 5.84 Å². The van der Waals surface area contributed by atoms with Gasteiger partial charge in [-0.3, -0.25) is 5.84 Å². The first-order valence-corrected chi connectivity index (χ1v) is 6.53. The van der Waals surface area contributed by atoms with Gasteiger partial charge >= 0.3 is 0 Å². The van der Waals surface area contributed by atoms with Crippen LogP contribution >= 0.6 is 0 Å². The standard InChI is InChI=1S/C8H14N4O2S/c9-3-4-15(13,14)12-7-1-2-8(12)6-11(10)5-7/h7-8H,1-2,4-6,10H2. The van der Waals surface area contributed by atoms with Gasteiger partial charge in [0.15, 0.2) is 5.75 Å². The summed E-state index contributed by atoms with van der Waals surface area (Å²) in [7, 11) is -3.40. The minimum atomic E-state index is -3.40. The number of nitriles is 1. The van der Waals surface area contributed by atoms with Crippen LogP contribution in [0, 0.1) is 11.3 Å². The fourth-order valence-electron chi connectivity index (χ4n) is 2.51. The van der Waals surface area contributed by atoms with Crippen molar-refractivity contribution in [2.75, 3.05) is 18.8 Å². The highest BCUT2D eigenvalue weighted by atomic mass is 32.2. The third-order valence-corrected chi connectivity index (χ3v) is 4.74. The van der Waals surface area contributed by atoms with E-state index in [1.165, 1.54) is 4.31 Å². The molecule has 0 aliphatic carbocycles. The molecule has 2 unspecified atom stereocenters. The van der Waals surface area contributed by atoms with Gasteiger partial charge in [-0.05, 0) is 12.8 Å². The van der Waals surface area contributed by atoms with Crippen molar-refractivity contribution in [3.8, 4) is 6.07 Å². The third-order valence-electron chi connectivity index (χ3n) is 3.01. The van der Waals surface area contributed by atoms with Crippen molar-refractivity contribution in [2.45, 2.75) is 24.9 Å². The first-order chi connectivity index (χ1) is 7.04. The summed E-state index contributed by atoms with van der Waals surface area (Å²) < 4.78 is 25.1. The van der Waals surface area contributed by atoms with Crippen molar-refractivity contribution in [1.82, 2.24) is 9.31 Å². The summed E-state index contributed by atoms with van der Waals surface area (Å²) in [6, 6.07) is 1.64. The van der Waals surface area contributed by atoms with Crippen molar-refractivity contribution in [3.63, 3.8) is 0 Å². The largest absolute Gasteiger partial charge is 0.269 e. The second kappa shape index (κ2) is 3.72. The lowest BCUT2D eigenvalue weighted by atomic mass is 10.2. The van der Waals surface area contributed by atoms with Crippen molar-refractivity contribution < 1.29 is 8.42 Å². The average Bonchev–Trinajstić information content (AvgIpc) is 2.40. The Bertz CT molecular complexity index is 374. The predicted molar refractivity (Wildman–Crippen MR) is 53.8 cm³/mol. The Morgan fingerprint density at radius 3 is 2.33 bits per heavy atom. The molecule has 6 nitrogen and oxygen atoms in total. The number of hydrazine groups is 1. The van der Waals surface area contributed by atoms with E-state index in [1.54, 1.807) is 11.1 Å². The molecule has 2 rings (SSSR count). The maximum atomic E-state index is 11.8. The van der Waals surface area contributed by atoms with Gasteiger partial charge in [-0.2, -0.15) is 9.57 Å². The van der Waals surface area contributed by atoms with Gasteiger partial charge in [0.25, 0.3) is 0 Å². The van der Waals surface area contributed by atoms with E-state index in [1.807, 2.05) is 0 Å². The molecule has 0 spiro atoms. The van der Waals surface area contributed by atoms with E-state index in [-0.39, 0.29) is 12.1 Å². The predicted octanol–water partition coefficient (Wildman–Crippen LogP) is -1.14. The molecule has 2 fully saturated rings. The van der Waals surface area contributed by atoms with Crippen LogP contribution in [0.4, 0.5) is 0 Å². The minimum absolute atomic E-state index is 0.0351. The summed E-state index contributed by atoms with van der Waals surface area (Å²) in [5.41, 5.74) is 0. The lowest BCUT2D eigenvalue weighted by Crippen LogP contribution is -2.57. The smallest absolute Gasteiger partial charge is 0.228 e. The molecule has 2 aliphatic rings. The summed E-state index contributed by atoms with van der Waals surface area (Å²) in [4.78, 5) is 0. The van der Waals surface area contributed by atoms with Crippen LogP contribution in [-0.2, 0) is 10.0 Å². The monoisotopic (exact) mass is 230 g/mol. The molecule has 2 atom stereocenters. The number of fused-ring (bicyclic) bond motifs is 2. The van der Waals surface area contributed by atoms with Gasteiger partial charge in [0.05, 0.1) is 6.07 Å². The molecule has 2 bridgehead atoms. The number of rotatable bonds is 2. The Labute approximate surface area is 89.3 Å². The highest BCUT2D eigenvalue weighted by Gasteiger charge is 2.45. The van der Waals surface area contributed by atoms with Crippen molar-refractivity contribution >= 4 is 10.0 Å². The van der Waals surface area contributed by atoms with Crippen LogP contribution in [0.5, 0.6) is 0 Å². The van der Waals surface area contributed by atoms with Crippen LogP contribution in [0.1, 0.15) is 12.8 Å². The Balaban J connectivity index is 2.22. The van der Waals surface area contributed by atoms with Gasteiger partial charge in [0, 0.05) is 25.2 Å². The molecule has 7 heteroatoms. The first-order valence-electron chi connectivity index (χ1n) is 4.92. The van der Waals surface area contributed by atoms with E-state index in [4.69, 9.17) is 11.1 Å². The highest BCUT2D eigenvalue weighted by Crippen LogP contribution is 2.31. The topological polar surface area (TPSA) is 90.4 Å².